The summed E-state index contributed by atoms with van der Waals surface area (Å²) in [5, 5.41) is 0. The summed E-state index contributed by atoms with van der Waals surface area (Å²) in [7, 11) is 1.37. The molecule has 4 heteroatoms. The zero-order chi connectivity index (χ0) is 14.7. The molecule has 0 aliphatic carbocycles. The molecule has 0 N–H and O–H groups in total. The summed E-state index contributed by atoms with van der Waals surface area (Å²) in [6, 6.07) is 0. The van der Waals surface area contributed by atoms with Gasteiger partial charge in [-0.2, -0.15) is 0 Å². The van der Waals surface area contributed by atoms with Crippen LogP contribution in [0.4, 0.5) is 0 Å². The van der Waals surface area contributed by atoms with Crippen LogP contribution in [0.25, 0.3) is 0 Å². The number of methoxy groups -OCH3 is 1. The van der Waals surface area contributed by atoms with Crippen LogP contribution in [-0.4, -0.2) is 37.0 Å². The summed E-state index contributed by atoms with van der Waals surface area (Å²) < 4.78 is 4.61. The van der Waals surface area contributed by atoms with Crippen LogP contribution < -0.4 is 0 Å². The van der Waals surface area contributed by atoms with Crippen molar-refractivity contribution < 1.29 is 14.3 Å². The molecule has 0 spiro atoms. The Balaban J connectivity index is 4.33. The highest BCUT2D eigenvalue weighted by Gasteiger charge is 2.12. The first kappa shape index (κ1) is 17.7. The van der Waals surface area contributed by atoms with Gasteiger partial charge in [0, 0.05) is 19.2 Å². The molecule has 19 heavy (non-hydrogen) atoms. The molecular formula is C15H27NO3. The minimum Gasteiger partial charge on any atom is -0.469 e. The lowest BCUT2D eigenvalue weighted by Gasteiger charge is -2.21. The molecule has 4 nitrogen and oxygen atoms in total. The fourth-order valence-electron chi connectivity index (χ4n) is 1.73. The zero-order valence-electron chi connectivity index (χ0n) is 12.7. The number of unbranched alkanes of at least 4 members (excludes halogenated alkanes) is 3. The van der Waals surface area contributed by atoms with E-state index in [4.69, 9.17) is 0 Å². The number of carbonyl (C=O) groups is 2. The van der Waals surface area contributed by atoms with Crippen molar-refractivity contribution in [2.45, 2.75) is 52.9 Å². The number of hydrogen-bond acceptors (Lipinski definition) is 3. The van der Waals surface area contributed by atoms with Gasteiger partial charge in [-0.05, 0) is 20.3 Å². The van der Waals surface area contributed by atoms with Crippen molar-refractivity contribution in [1.29, 1.82) is 0 Å². The van der Waals surface area contributed by atoms with Crippen LogP contribution in [0, 0.1) is 0 Å². The quantitative estimate of drug-likeness (QED) is 0.367. The molecule has 0 radical (unpaired) electrons. The minimum atomic E-state index is -0.274. The van der Waals surface area contributed by atoms with Crippen LogP contribution >= 0.6 is 0 Å². The Morgan fingerprint density at radius 1 is 1.11 bits per heavy atom. The van der Waals surface area contributed by atoms with E-state index in [1.165, 1.54) is 20.0 Å². The highest BCUT2D eigenvalue weighted by molar-refractivity contribution is 5.88. The lowest BCUT2D eigenvalue weighted by Crippen LogP contribution is -2.33. The van der Waals surface area contributed by atoms with Gasteiger partial charge < -0.3 is 9.64 Å². The van der Waals surface area contributed by atoms with Crippen molar-refractivity contribution in [3.05, 3.63) is 11.6 Å². The fraction of sp³-hybridized carbons (Fsp3) is 0.733. The number of hydrogen-bond donors (Lipinski definition) is 0. The lowest BCUT2D eigenvalue weighted by molar-refractivity contribution is -0.141. The molecule has 0 fully saturated rings. The molecule has 0 aromatic heterocycles. The van der Waals surface area contributed by atoms with Crippen LogP contribution in [-0.2, 0) is 14.3 Å². The van der Waals surface area contributed by atoms with Gasteiger partial charge in [-0.25, -0.2) is 0 Å². The second kappa shape index (κ2) is 10.6. The molecule has 0 saturated carbocycles. The maximum Gasteiger partial charge on any atom is 0.307 e. The van der Waals surface area contributed by atoms with Crippen molar-refractivity contribution in [2.75, 3.05) is 20.2 Å². The molecule has 0 heterocycles. The van der Waals surface area contributed by atoms with Crippen molar-refractivity contribution in [3.63, 3.8) is 0 Å². The second-order valence-electron chi connectivity index (χ2n) is 4.93. The predicted molar refractivity (Wildman–Crippen MR) is 76.8 cm³/mol. The van der Waals surface area contributed by atoms with Crippen LogP contribution in [0.5, 0.6) is 0 Å². The van der Waals surface area contributed by atoms with Gasteiger partial charge in [-0.3, -0.25) is 9.59 Å². The zero-order valence-corrected chi connectivity index (χ0v) is 12.7. The monoisotopic (exact) mass is 269 g/mol. The van der Waals surface area contributed by atoms with E-state index in [0.717, 1.165) is 18.4 Å². The van der Waals surface area contributed by atoms with Crippen molar-refractivity contribution in [3.8, 4) is 0 Å². The smallest absolute Gasteiger partial charge is 0.307 e. The van der Waals surface area contributed by atoms with Gasteiger partial charge in [0.1, 0.15) is 0 Å². The number of esters is 1. The van der Waals surface area contributed by atoms with Gasteiger partial charge in [0.2, 0.25) is 5.91 Å². The van der Waals surface area contributed by atoms with E-state index in [0.29, 0.717) is 13.1 Å². The molecule has 0 bridgehead atoms. The number of nitrogens with zero attached hydrogens (tertiary/aromatic N) is 1. The Bertz CT molecular complexity index is 307. The maximum absolute atomic E-state index is 12.0. The average Bonchev–Trinajstić information content (AvgIpc) is 2.36. The molecule has 0 unspecified atom stereocenters. The number of ether oxygens (including phenoxy) is 1. The highest BCUT2D eigenvalue weighted by Crippen LogP contribution is 2.05. The Morgan fingerprint density at radius 2 is 1.79 bits per heavy atom. The number of rotatable bonds is 9. The predicted octanol–water partition coefficient (Wildman–Crippen LogP) is 2.92. The van der Waals surface area contributed by atoms with Crippen LogP contribution in [0.2, 0.25) is 0 Å². The third kappa shape index (κ3) is 9.28. The normalized spacial score (nSPS) is 9.89. The number of amides is 1. The molecule has 110 valence electrons. The Kier molecular flexibility index (Phi) is 9.85. The van der Waals surface area contributed by atoms with E-state index >= 15 is 0 Å². The van der Waals surface area contributed by atoms with E-state index in [-0.39, 0.29) is 18.3 Å². The number of allylic oxidation sites excluding steroid dienone is 1. The van der Waals surface area contributed by atoms with E-state index in [1.54, 1.807) is 11.0 Å². The highest BCUT2D eigenvalue weighted by atomic mass is 16.5. The maximum atomic E-state index is 12.0. The van der Waals surface area contributed by atoms with Gasteiger partial charge >= 0.3 is 5.97 Å². The van der Waals surface area contributed by atoms with Gasteiger partial charge in [0.25, 0.3) is 0 Å². The molecule has 0 aromatic carbocycles. The average molecular weight is 269 g/mol. The van der Waals surface area contributed by atoms with E-state index in [9.17, 15) is 9.59 Å². The molecule has 0 atom stereocenters. The molecule has 0 aliphatic heterocycles. The molecule has 0 rings (SSSR count). The van der Waals surface area contributed by atoms with E-state index in [2.05, 4.69) is 11.7 Å². The largest absolute Gasteiger partial charge is 0.469 e. The van der Waals surface area contributed by atoms with Crippen LogP contribution in [0.3, 0.4) is 0 Å². The third-order valence-corrected chi connectivity index (χ3v) is 2.82. The molecule has 0 aliphatic rings. The summed E-state index contributed by atoms with van der Waals surface area (Å²) in [5.41, 5.74) is 0.974. The Hall–Kier alpha value is -1.32. The first-order valence-corrected chi connectivity index (χ1v) is 7.01. The summed E-state index contributed by atoms with van der Waals surface area (Å²) >= 11 is 0. The Morgan fingerprint density at radius 3 is 2.32 bits per heavy atom. The van der Waals surface area contributed by atoms with Crippen molar-refractivity contribution >= 4 is 11.9 Å². The van der Waals surface area contributed by atoms with Gasteiger partial charge in [0.05, 0.1) is 13.5 Å². The third-order valence-electron chi connectivity index (χ3n) is 2.82. The summed E-state index contributed by atoms with van der Waals surface area (Å²) in [4.78, 5) is 24.9. The van der Waals surface area contributed by atoms with Gasteiger partial charge in [0.15, 0.2) is 0 Å². The lowest BCUT2D eigenvalue weighted by atomic mass is 10.2. The molecule has 0 aromatic rings. The van der Waals surface area contributed by atoms with Crippen LogP contribution in [0.1, 0.15) is 52.9 Å². The van der Waals surface area contributed by atoms with Crippen LogP contribution in [0.15, 0.2) is 11.6 Å². The van der Waals surface area contributed by atoms with E-state index < -0.39 is 0 Å². The topological polar surface area (TPSA) is 46.6 Å². The Labute approximate surface area is 116 Å². The van der Waals surface area contributed by atoms with Gasteiger partial charge in [-0.1, -0.05) is 31.8 Å². The molecule has 0 saturated heterocycles. The molecular weight excluding hydrogens is 242 g/mol. The summed E-state index contributed by atoms with van der Waals surface area (Å²) in [5.74, 6) is -0.288. The van der Waals surface area contributed by atoms with Crippen molar-refractivity contribution in [1.82, 2.24) is 4.90 Å². The first-order valence-electron chi connectivity index (χ1n) is 7.01. The van der Waals surface area contributed by atoms with Gasteiger partial charge in [-0.15, -0.1) is 0 Å². The van der Waals surface area contributed by atoms with E-state index in [1.807, 2.05) is 13.8 Å². The SMILES string of the molecule is CCCCCCN(CCC(=O)OC)C(=O)C=C(C)C. The summed E-state index contributed by atoms with van der Waals surface area (Å²) in [6.07, 6.45) is 6.33. The molecule has 1 amide bonds. The summed E-state index contributed by atoms with van der Waals surface area (Å²) in [6.45, 7) is 7.09. The second-order valence-corrected chi connectivity index (χ2v) is 4.93. The minimum absolute atomic E-state index is 0.0135. The van der Waals surface area contributed by atoms with Crippen molar-refractivity contribution in [2.24, 2.45) is 0 Å². The standard InChI is InChI=1S/C15H27NO3/c1-5-6-7-8-10-16(11-9-15(18)19-4)14(17)12-13(2)3/h12H,5-11H2,1-4H3. The first-order chi connectivity index (χ1) is 9.01. The number of carbonyl (C=O) groups excluding carboxylic acids is 2. The fourth-order valence-corrected chi connectivity index (χ4v) is 1.73.